The Hall–Kier alpha value is -3.49. The molecule has 0 unspecified atom stereocenters. The highest BCUT2D eigenvalue weighted by Crippen LogP contribution is 2.33. The summed E-state index contributed by atoms with van der Waals surface area (Å²) < 4.78 is 19.3. The molecule has 0 aromatic heterocycles. The van der Waals surface area contributed by atoms with Crippen molar-refractivity contribution in [2.24, 2.45) is 0 Å². The minimum atomic E-state index is -0.346. The highest BCUT2D eigenvalue weighted by molar-refractivity contribution is 8.26. The molecule has 0 bridgehead atoms. The van der Waals surface area contributed by atoms with Crippen molar-refractivity contribution < 1.29 is 18.7 Å². The predicted octanol–water partition coefficient (Wildman–Crippen LogP) is 5.85. The summed E-state index contributed by atoms with van der Waals surface area (Å²) in [7, 11) is 0. The summed E-state index contributed by atoms with van der Waals surface area (Å²) in [5.74, 6) is 0.293. The van der Waals surface area contributed by atoms with Crippen LogP contribution in [0.4, 0.5) is 10.1 Å². The average molecular weight is 479 g/mol. The monoisotopic (exact) mass is 478 g/mol. The fourth-order valence-corrected chi connectivity index (χ4v) is 4.41. The molecule has 1 heterocycles. The van der Waals surface area contributed by atoms with Crippen molar-refractivity contribution in [3.05, 3.63) is 95.1 Å². The largest absolute Gasteiger partial charge is 0.455 e. The zero-order valence-corrected chi connectivity index (χ0v) is 19.0. The van der Waals surface area contributed by atoms with Gasteiger partial charge in [-0.1, -0.05) is 66.4 Å². The SMILES string of the molecule is O=C(CCN1C(=O)C(=Cc2ccc(F)cc2)SC1=S)Nc1ccccc1Oc1ccccc1. The van der Waals surface area contributed by atoms with Gasteiger partial charge in [0.05, 0.1) is 10.6 Å². The summed E-state index contributed by atoms with van der Waals surface area (Å²) in [6, 6.07) is 22.3. The number of thiocarbonyl (C=S) groups is 1. The van der Waals surface area contributed by atoms with Crippen LogP contribution in [-0.2, 0) is 9.59 Å². The van der Waals surface area contributed by atoms with Crippen molar-refractivity contribution in [3.8, 4) is 11.5 Å². The van der Waals surface area contributed by atoms with Gasteiger partial charge in [-0.3, -0.25) is 14.5 Å². The van der Waals surface area contributed by atoms with Crippen LogP contribution < -0.4 is 10.1 Å². The van der Waals surface area contributed by atoms with Crippen molar-refractivity contribution in [2.45, 2.75) is 6.42 Å². The van der Waals surface area contributed by atoms with Gasteiger partial charge in [-0.15, -0.1) is 0 Å². The summed E-state index contributed by atoms with van der Waals surface area (Å²) in [5, 5.41) is 2.84. The number of rotatable bonds is 7. The Balaban J connectivity index is 1.37. The van der Waals surface area contributed by atoms with E-state index in [4.69, 9.17) is 17.0 Å². The van der Waals surface area contributed by atoms with Crippen LogP contribution in [0.3, 0.4) is 0 Å². The van der Waals surface area contributed by atoms with Gasteiger partial charge in [0.15, 0.2) is 5.75 Å². The zero-order chi connectivity index (χ0) is 23.2. The van der Waals surface area contributed by atoms with E-state index < -0.39 is 0 Å². The Labute approximate surface area is 200 Å². The van der Waals surface area contributed by atoms with Gasteiger partial charge >= 0.3 is 0 Å². The molecule has 3 aromatic carbocycles. The fraction of sp³-hybridized carbons (Fsp3) is 0.0800. The molecule has 1 fully saturated rings. The van der Waals surface area contributed by atoms with E-state index in [0.29, 0.717) is 32.0 Å². The molecule has 0 radical (unpaired) electrons. The first-order valence-corrected chi connectivity index (χ1v) is 11.3. The molecule has 0 atom stereocenters. The molecule has 5 nitrogen and oxygen atoms in total. The topological polar surface area (TPSA) is 58.6 Å². The Morgan fingerprint density at radius 3 is 2.48 bits per heavy atom. The van der Waals surface area contributed by atoms with E-state index >= 15 is 0 Å². The molecule has 4 rings (SSSR count). The molecule has 1 saturated heterocycles. The maximum atomic E-state index is 13.1. The van der Waals surface area contributed by atoms with Crippen molar-refractivity contribution in [1.29, 1.82) is 0 Å². The van der Waals surface area contributed by atoms with Crippen LogP contribution in [0.1, 0.15) is 12.0 Å². The molecule has 0 spiro atoms. The smallest absolute Gasteiger partial charge is 0.266 e. The lowest BCUT2D eigenvalue weighted by Gasteiger charge is -2.15. The summed E-state index contributed by atoms with van der Waals surface area (Å²) >= 11 is 6.49. The number of ether oxygens (including phenoxy) is 1. The third-order valence-electron chi connectivity index (χ3n) is 4.74. The van der Waals surface area contributed by atoms with Gasteiger partial charge in [-0.2, -0.15) is 0 Å². The minimum absolute atomic E-state index is 0.0654. The third kappa shape index (κ3) is 5.85. The van der Waals surface area contributed by atoms with Gasteiger partial charge in [0.25, 0.3) is 5.91 Å². The molecule has 0 aliphatic carbocycles. The fourth-order valence-electron chi connectivity index (χ4n) is 3.10. The third-order valence-corrected chi connectivity index (χ3v) is 6.11. The first-order chi connectivity index (χ1) is 16.0. The van der Waals surface area contributed by atoms with Crippen LogP contribution in [0, 0.1) is 5.82 Å². The lowest BCUT2D eigenvalue weighted by Crippen LogP contribution is -2.31. The number of benzene rings is 3. The van der Waals surface area contributed by atoms with E-state index in [-0.39, 0.29) is 30.6 Å². The summed E-state index contributed by atoms with van der Waals surface area (Å²) in [6.07, 6.45) is 1.73. The zero-order valence-electron chi connectivity index (χ0n) is 17.4. The van der Waals surface area contributed by atoms with E-state index in [1.807, 2.05) is 36.4 Å². The lowest BCUT2D eigenvalue weighted by molar-refractivity contribution is -0.122. The maximum absolute atomic E-state index is 13.1. The second-order valence-corrected chi connectivity index (χ2v) is 8.77. The van der Waals surface area contributed by atoms with E-state index in [2.05, 4.69) is 5.32 Å². The quantitative estimate of drug-likeness (QED) is 0.341. The van der Waals surface area contributed by atoms with Gasteiger partial charge < -0.3 is 10.1 Å². The van der Waals surface area contributed by atoms with E-state index in [1.165, 1.54) is 17.0 Å². The number of hydrogen-bond acceptors (Lipinski definition) is 5. The van der Waals surface area contributed by atoms with E-state index in [0.717, 1.165) is 11.8 Å². The molecule has 3 aromatic rings. The second-order valence-electron chi connectivity index (χ2n) is 7.09. The highest BCUT2D eigenvalue weighted by atomic mass is 32.2. The van der Waals surface area contributed by atoms with Crippen molar-refractivity contribution >= 4 is 51.9 Å². The number of anilines is 1. The summed E-state index contributed by atoms with van der Waals surface area (Å²) in [6.45, 7) is 0.152. The molecule has 1 aliphatic rings. The Kier molecular flexibility index (Phi) is 7.16. The van der Waals surface area contributed by atoms with Crippen molar-refractivity contribution in [3.63, 3.8) is 0 Å². The highest BCUT2D eigenvalue weighted by Gasteiger charge is 2.32. The summed E-state index contributed by atoms with van der Waals surface area (Å²) in [4.78, 5) is 27.2. The number of nitrogens with one attached hydrogen (secondary N) is 1. The first-order valence-electron chi connectivity index (χ1n) is 10.1. The maximum Gasteiger partial charge on any atom is 0.266 e. The predicted molar refractivity (Wildman–Crippen MR) is 132 cm³/mol. The van der Waals surface area contributed by atoms with Crippen LogP contribution in [0.2, 0.25) is 0 Å². The molecule has 166 valence electrons. The number of carbonyl (C=O) groups is 2. The normalized spacial score (nSPS) is 14.6. The van der Waals surface area contributed by atoms with Crippen LogP contribution in [0.15, 0.2) is 83.8 Å². The van der Waals surface area contributed by atoms with Crippen LogP contribution in [0.5, 0.6) is 11.5 Å². The number of amides is 2. The Morgan fingerprint density at radius 1 is 1.03 bits per heavy atom. The second kappa shape index (κ2) is 10.4. The number of para-hydroxylation sites is 3. The van der Waals surface area contributed by atoms with Gasteiger partial charge in [-0.05, 0) is 48.0 Å². The molecule has 0 saturated carbocycles. The Morgan fingerprint density at radius 2 is 1.73 bits per heavy atom. The van der Waals surface area contributed by atoms with Gasteiger partial charge in [-0.25, -0.2) is 4.39 Å². The standard InChI is InChI=1S/C25H19FN2O3S2/c26-18-12-10-17(11-13-18)16-22-24(30)28(25(32)33-22)15-14-23(29)27-20-8-4-5-9-21(20)31-19-6-2-1-3-7-19/h1-13,16H,14-15H2,(H,27,29). The minimum Gasteiger partial charge on any atom is -0.455 e. The number of thioether (sulfide) groups is 1. The average Bonchev–Trinajstić information content (AvgIpc) is 3.08. The molecular weight excluding hydrogens is 459 g/mol. The van der Waals surface area contributed by atoms with Crippen LogP contribution in [0.25, 0.3) is 6.08 Å². The van der Waals surface area contributed by atoms with E-state index in [1.54, 1.807) is 36.4 Å². The molecular formula is C25H19FN2O3S2. The number of hydrogen-bond donors (Lipinski definition) is 1. The molecule has 8 heteroatoms. The number of nitrogens with zero attached hydrogens (tertiary/aromatic N) is 1. The van der Waals surface area contributed by atoms with Gasteiger partial charge in [0.1, 0.15) is 15.9 Å². The first kappa shape index (κ1) is 22.7. The van der Waals surface area contributed by atoms with Crippen molar-refractivity contribution in [1.82, 2.24) is 4.90 Å². The molecule has 1 aliphatic heterocycles. The number of halogens is 1. The number of carbonyl (C=O) groups excluding carboxylic acids is 2. The van der Waals surface area contributed by atoms with Crippen molar-refractivity contribution in [2.75, 3.05) is 11.9 Å². The molecule has 2 amide bonds. The molecule has 33 heavy (non-hydrogen) atoms. The van der Waals surface area contributed by atoms with Gasteiger partial charge in [0.2, 0.25) is 5.91 Å². The van der Waals surface area contributed by atoms with Gasteiger partial charge in [0, 0.05) is 13.0 Å². The Bertz CT molecular complexity index is 1210. The summed E-state index contributed by atoms with van der Waals surface area (Å²) in [5.41, 5.74) is 1.23. The van der Waals surface area contributed by atoms with E-state index in [9.17, 15) is 14.0 Å². The lowest BCUT2D eigenvalue weighted by atomic mass is 10.2. The molecule has 1 N–H and O–H groups in total. The van der Waals surface area contributed by atoms with Crippen LogP contribution >= 0.6 is 24.0 Å². The van der Waals surface area contributed by atoms with Crippen LogP contribution in [-0.4, -0.2) is 27.6 Å².